The fourth-order valence-electron chi connectivity index (χ4n) is 3.29. The summed E-state index contributed by atoms with van der Waals surface area (Å²) < 4.78 is 24.6. The number of carbonyl (C=O) groups excluding carboxylic acids is 3. The van der Waals surface area contributed by atoms with Gasteiger partial charge in [0.1, 0.15) is 11.7 Å². The molecule has 1 aliphatic heterocycles. The number of Topliss-reactive ketones (excluding diaryl/α,β-unsaturated/α-hetero) is 1. The van der Waals surface area contributed by atoms with E-state index in [-0.39, 0.29) is 23.1 Å². The van der Waals surface area contributed by atoms with Crippen LogP contribution in [0.3, 0.4) is 0 Å². The zero-order valence-electron chi connectivity index (χ0n) is 17.1. The summed E-state index contributed by atoms with van der Waals surface area (Å²) in [5, 5.41) is 5.20. The van der Waals surface area contributed by atoms with Crippen molar-refractivity contribution in [2.24, 2.45) is 5.92 Å². The Balaban J connectivity index is 1.54. The molecule has 0 aromatic heterocycles. The maximum Gasteiger partial charge on any atom is 0.235 e. The molecule has 2 N–H and O–H groups in total. The summed E-state index contributed by atoms with van der Waals surface area (Å²) in [6.07, 6.45) is -0.494. The summed E-state index contributed by atoms with van der Waals surface area (Å²) in [4.78, 5) is 38.8. The number of anilines is 2. The zero-order chi connectivity index (χ0) is 23.4. The molecule has 1 heterocycles. The molecule has 0 spiro atoms. The van der Waals surface area contributed by atoms with E-state index in [4.69, 9.17) is 21.1 Å². The Morgan fingerprint density at radius 3 is 2.45 bits per heavy atom. The second kappa shape index (κ2) is 9.70. The van der Waals surface area contributed by atoms with E-state index in [0.29, 0.717) is 17.2 Å². The average molecular weight is 469 g/mol. The van der Waals surface area contributed by atoms with Gasteiger partial charge in [-0.05, 0) is 30.3 Å². The van der Waals surface area contributed by atoms with Crippen molar-refractivity contribution in [3.05, 3.63) is 83.1 Å². The molecule has 0 unspecified atom stereocenters. The van der Waals surface area contributed by atoms with Crippen LogP contribution in [0.5, 0.6) is 11.5 Å². The molecule has 9 heteroatoms. The Labute approximate surface area is 193 Å². The van der Waals surface area contributed by atoms with Crippen LogP contribution in [0, 0.1) is 11.7 Å². The minimum absolute atomic E-state index is 0.0727. The van der Waals surface area contributed by atoms with Crippen LogP contribution in [0.15, 0.2) is 66.7 Å². The molecule has 1 aliphatic rings. The highest BCUT2D eigenvalue weighted by molar-refractivity contribution is 6.30. The van der Waals surface area contributed by atoms with Gasteiger partial charge >= 0.3 is 0 Å². The van der Waals surface area contributed by atoms with Gasteiger partial charge < -0.3 is 20.1 Å². The highest BCUT2D eigenvalue weighted by Gasteiger charge is 2.31. The first kappa shape index (κ1) is 22.3. The predicted molar refractivity (Wildman–Crippen MR) is 120 cm³/mol. The highest BCUT2D eigenvalue weighted by Crippen LogP contribution is 2.34. The van der Waals surface area contributed by atoms with Gasteiger partial charge in [-0.15, -0.1) is 0 Å². The molecule has 1 atom stereocenters. The highest BCUT2D eigenvalue weighted by atomic mass is 35.5. The molecule has 0 saturated carbocycles. The van der Waals surface area contributed by atoms with E-state index in [9.17, 15) is 18.8 Å². The monoisotopic (exact) mass is 468 g/mol. The minimum Gasteiger partial charge on any atom is -0.454 e. The van der Waals surface area contributed by atoms with Gasteiger partial charge in [0.2, 0.25) is 18.6 Å². The van der Waals surface area contributed by atoms with E-state index in [0.717, 1.165) is 6.07 Å². The van der Waals surface area contributed by atoms with E-state index in [2.05, 4.69) is 10.6 Å². The van der Waals surface area contributed by atoms with Crippen molar-refractivity contribution in [1.29, 1.82) is 0 Å². The van der Waals surface area contributed by atoms with E-state index in [1.165, 1.54) is 12.1 Å². The van der Waals surface area contributed by atoms with Crippen molar-refractivity contribution in [2.45, 2.75) is 6.42 Å². The van der Waals surface area contributed by atoms with Crippen LogP contribution >= 0.6 is 11.6 Å². The number of rotatable bonds is 7. The molecule has 0 aliphatic carbocycles. The minimum atomic E-state index is -1.35. The van der Waals surface area contributed by atoms with Crippen LogP contribution in [-0.4, -0.2) is 24.4 Å². The molecule has 0 radical (unpaired) electrons. The summed E-state index contributed by atoms with van der Waals surface area (Å²) in [6.45, 7) is 0.0727. The lowest BCUT2D eigenvalue weighted by molar-refractivity contribution is -0.123. The number of benzene rings is 3. The first-order chi connectivity index (χ1) is 15.9. The van der Waals surface area contributed by atoms with E-state index in [1.807, 2.05) is 0 Å². The van der Waals surface area contributed by atoms with Crippen LogP contribution in [0.25, 0.3) is 0 Å². The number of halogens is 2. The summed E-state index contributed by atoms with van der Waals surface area (Å²) in [6, 6.07) is 16.7. The molecule has 0 saturated heterocycles. The van der Waals surface area contributed by atoms with Crippen molar-refractivity contribution in [1.82, 2.24) is 0 Å². The first-order valence-corrected chi connectivity index (χ1v) is 10.3. The van der Waals surface area contributed by atoms with Crippen LogP contribution in [0.4, 0.5) is 15.8 Å². The smallest absolute Gasteiger partial charge is 0.235 e. The Morgan fingerprint density at radius 2 is 1.70 bits per heavy atom. The lowest BCUT2D eigenvalue weighted by Crippen LogP contribution is -2.33. The van der Waals surface area contributed by atoms with Crippen molar-refractivity contribution in [3.8, 4) is 11.5 Å². The van der Waals surface area contributed by atoms with E-state index < -0.39 is 35.8 Å². The number of fused-ring (bicyclic) bond motifs is 1. The van der Waals surface area contributed by atoms with Crippen LogP contribution in [0.2, 0.25) is 5.02 Å². The second-order valence-electron chi connectivity index (χ2n) is 7.22. The maximum absolute atomic E-state index is 14.1. The number of amides is 2. The summed E-state index contributed by atoms with van der Waals surface area (Å²) >= 11 is 5.73. The molecule has 7 nitrogen and oxygen atoms in total. The van der Waals surface area contributed by atoms with E-state index >= 15 is 0 Å². The lowest BCUT2D eigenvalue weighted by Gasteiger charge is -2.16. The van der Waals surface area contributed by atoms with Crippen molar-refractivity contribution in [3.63, 3.8) is 0 Å². The van der Waals surface area contributed by atoms with Gasteiger partial charge in [-0.3, -0.25) is 14.4 Å². The van der Waals surface area contributed by atoms with Crippen molar-refractivity contribution >= 4 is 40.6 Å². The predicted octanol–water partition coefficient (Wildman–Crippen LogP) is 4.67. The van der Waals surface area contributed by atoms with Gasteiger partial charge in [0.05, 0.1) is 5.69 Å². The quantitative estimate of drug-likeness (QED) is 0.388. The average Bonchev–Trinajstić information content (AvgIpc) is 3.27. The number of ether oxygens (including phenoxy) is 2. The largest absolute Gasteiger partial charge is 0.454 e. The molecule has 168 valence electrons. The number of nitrogens with one attached hydrogen (secondary N) is 2. The maximum atomic E-state index is 14.1. The molecule has 4 rings (SSSR count). The van der Waals surface area contributed by atoms with Crippen LogP contribution < -0.4 is 20.1 Å². The first-order valence-electron chi connectivity index (χ1n) is 9.95. The Bertz CT molecular complexity index is 1220. The fraction of sp³-hybridized carbons (Fsp3) is 0.125. The van der Waals surface area contributed by atoms with Crippen molar-refractivity contribution < 1.29 is 28.2 Å². The Kier molecular flexibility index (Phi) is 6.55. The molecule has 0 fully saturated rings. The lowest BCUT2D eigenvalue weighted by atomic mass is 9.93. The van der Waals surface area contributed by atoms with Gasteiger partial charge in [-0.2, -0.15) is 0 Å². The number of hydrogen-bond donors (Lipinski definition) is 2. The van der Waals surface area contributed by atoms with Crippen LogP contribution in [0.1, 0.15) is 16.8 Å². The third-order valence-corrected chi connectivity index (χ3v) is 5.16. The molecule has 2 amide bonds. The topological polar surface area (TPSA) is 93.7 Å². The van der Waals surface area contributed by atoms with E-state index in [1.54, 1.807) is 48.5 Å². The van der Waals surface area contributed by atoms with Crippen LogP contribution in [-0.2, 0) is 9.59 Å². The summed E-state index contributed by atoms with van der Waals surface area (Å²) in [5.74, 6) is -3.02. The second-order valence-corrected chi connectivity index (χ2v) is 7.65. The SMILES string of the molecule is O=C(C[C@@H](C(=O)Nc1ccc2c(c1)OCO2)C(=O)c1ccccc1)Nc1ccc(Cl)cc1F. The molecule has 3 aromatic carbocycles. The van der Waals surface area contributed by atoms with Gasteiger partial charge in [0.15, 0.2) is 17.3 Å². The molecular weight excluding hydrogens is 451 g/mol. The van der Waals surface area contributed by atoms with Gasteiger partial charge in [0, 0.05) is 28.8 Å². The number of ketones is 1. The Morgan fingerprint density at radius 1 is 0.939 bits per heavy atom. The summed E-state index contributed by atoms with van der Waals surface area (Å²) in [5.41, 5.74) is 0.541. The third-order valence-electron chi connectivity index (χ3n) is 4.93. The fourth-order valence-corrected chi connectivity index (χ4v) is 3.45. The number of hydrogen-bond acceptors (Lipinski definition) is 5. The zero-order valence-corrected chi connectivity index (χ0v) is 17.9. The van der Waals surface area contributed by atoms with Gasteiger partial charge in [0.25, 0.3) is 0 Å². The standard InChI is InChI=1S/C24H18ClFN2O5/c25-15-6-8-19(18(26)10-15)28-22(29)12-17(23(30)14-4-2-1-3-5-14)24(31)27-16-7-9-20-21(11-16)33-13-32-20/h1-11,17H,12-13H2,(H,27,31)(H,28,29)/t17-/m1/s1. The number of carbonyl (C=O) groups is 3. The third kappa shape index (κ3) is 5.30. The molecule has 3 aromatic rings. The molecule has 0 bridgehead atoms. The normalized spacial score (nSPS) is 12.7. The van der Waals surface area contributed by atoms with Gasteiger partial charge in [-0.25, -0.2) is 4.39 Å². The Hall–Kier alpha value is -3.91. The van der Waals surface area contributed by atoms with Gasteiger partial charge in [-0.1, -0.05) is 41.9 Å². The molecule has 33 heavy (non-hydrogen) atoms. The van der Waals surface area contributed by atoms with Crippen molar-refractivity contribution in [2.75, 3.05) is 17.4 Å². The summed E-state index contributed by atoms with van der Waals surface area (Å²) in [7, 11) is 0. The molecular formula is C24H18ClFN2O5.